The summed E-state index contributed by atoms with van der Waals surface area (Å²) in [5.74, 6) is -0.941. The van der Waals surface area contributed by atoms with Crippen LogP contribution >= 0.6 is 0 Å². The Morgan fingerprint density at radius 2 is 1.79 bits per heavy atom. The van der Waals surface area contributed by atoms with E-state index in [9.17, 15) is 31.1 Å². The first-order chi connectivity index (χ1) is 15.3. The van der Waals surface area contributed by atoms with Crippen LogP contribution in [-0.4, -0.2) is 31.0 Å². The molecule has 1 aliphatic heterocycles. The molecule has 2 aromatic carbocycles. The standard InChI is InChI=1S/C21H14F6N4O2/c1-11-6-12(8-28)2-5-16(11)30-18(32)17-10-31(19(33-17)21(25,26)27)14-4-3-13(9-29)15(7-14)20(22,23)24/h2-7,17,19H,10H2,1H3,(H,30,32). The maximum absolute atomic E-state index is 13.6. The van der Waals surface area contributed by atoms with Gasteiger partial charge in [0.1, 0.15) is 0 Å². The molecule has 0 spiro atoms. The van der Waals surface area contributed by atoms with E-state index < -0.39 is 54.0 Å². The first-order valence-electron chi connectivity index (χ1n) is 9.27. The minimum atomic E-state index is -5.02. The summed E-state index contributed by atoms with van der Waals surface area (Å²) >= 11 is 0. The molecule has 12 heteroatoms. The zero-order valence-corrected chi connectivity index (χ0v) is 16.8. The van der Waals surface area contributed by atoms with Crippen LogP contribution in [0.2, 0.25) is 0 Å². The number of anilines is 2. The van der Waals surface area contributed by atoms with Crippen LogP contribution in [0.4, 0.5) is 37.7 Å². The number of rotatable bonds is 3. The van der Waals surface area contributed by atoms with Gasteiger partial charge < -0.3 is 15.0 Å². The molecule has 2 atom stereocenters. The Morgan fingerprint density at radius 1 is 1.09 bits per heavy atom. The smallest absolute Gasteiger partial charge is 0.335 e. The van der Waals surface area contributed by atoms with Crippen molar-refractivity contribution in [2.45, 2.75) is 31.6 Å². The quantitative estimate of drug-likeness (QED) is 0.671. The van der Waals surface area contributed by atoms with Crippen molar-refractivity contribution in [3.05, 3.63) is 58.7 Å². The van der Waals surface area contributed by atoms with E-state index in [0.29, 0.717) is 22.1 Å². The summed E-state index contributed by atoms with van der Waals surface area (Å²) in [6.45, 7) is 0.890. The summed E-state index contributed by atoms with van der Waals surface area (Å²) in [4.78, 5) is 13.1. The van der Waals surface area contributed by atoms with Gasteiger partial charge in [-0.2, -0.15) is 36.9 Å². The van der Waals surface area contributed by atoms with Crippen LogP contribution in [0.15, 0.2) is 36.4 Å². The van der Waals surface area contributed by atoms with Gasteiger partial charge in [-0.15, -0.1) is 0 Å². The average Bonchev–Trinajstić information content (AvgIpc) is 3.20. The number of carbonyl (C=O) groups is 1. The fourth-order valence-corrected chi connectivity index (χ4v) is 3.32. The van der Waals surface area contributed by atoms with Gasteiger partial charge in [0.15, 0.2) is 6.10 Å². The van der Waals surface area contributed by atoms with Crippen LogP contribution in [-0.2, 0) is 15.7 Å². The number of hydrogen-bond donors (Lipinski definition) is 1. The van der Waals surface area contributed by atoms with Gasteiger partial charge in [0.25, 0.3) is 5.91 Å². The third-order valence-electron chi connectivity index (χ3n) is 4.89. The Hall–Kier alpha value is -3.77. The predicted molar refractivity (Wildman–Crippen MR) is 103 cm³/mol. The van der Waals surface area contributed by atoms with Gasteiger partial charge in [-0.25, -0.2) is 0 Å². The highest BCUT2D eigenvalue weighted by molar-refractivity contribution is 5.95. The summed E-state index contributed by atoms with van der Waals surface area (Å²) < 4.78 is 85.4. The highest BCUT2D eigenvalue weighted by Gasteiger charge is 2.52. The lowest BCUT2D eigenvalue weighted by atomic mass is 10.1. The molecule has 6 nitrogen and oxygen atoms in total. The predicted octanol–water partition coefficient (Wildman–Crippen LogP) is 4.49. The van der Waals surface area contributed by atoms with Crippen LogP contribution < -0.4 is 10.2 Å². The number of carbonyl (C=O) groups excluding carboxylic acids is 1. The van der Waals surface area contributed by atoms with Crippen LogP contribution in [0.1, 0.15) is 22.3 Å². The minimum absolute atomic E-state index is 0.238. The van der Waals surface area contributed by atoms with Gasteiger partial charge in [-0.05, 0) is 48.9 Å². The van der Waals surface area contributed by atoms with Crippen molar-refractivity contribution >= 4 is 17.3 Å². The Balaban J connectivity index is 1.91. The lowest BCUT2D eigenvalue weighted by molar-refractivity contribution is -0.212. The largest absolute Gasteiger partial charge is 0.433 e. The Bertz CT molecular complexity index is 1160. The number of amides is 1. The van der Waals surface area contributed by atoms with Crippen molar-refractivity contribution in [3.63, 3.8) is 0 Å². The van der Waals surface area contributed by atoms with Gasteiger partial charge in [0, 0.05) is 11.4 Å². The second-order valence-electron chi connectivity index (χ2n) is 7.14. The maximum atomic E-state index is 13.6. The van der Waals surface area contributed by atoms with E-state index in [1.54, 1.807) is 6.92 Å². The average molecular weight is 468 g/mol. The molecule has 1 fully saturated rings. The second kappa shape index (κ2) is 8.64. The molecule has 1 amide bonds. The molecule has 2 unspecified atom stereocenters. The fraction of sp³-hybridized carbons (Fsp3) is 0.286. The number of nitrogens with zero attached hydrogens (tertiary/aromatic N) is 3. The monoisotopic (exact) mass is 468 g/mol. The molecule has 33 heavy (non-hydrogen) atoms. The topological polar surface area (TPSA) is 89.2 Å². The van der Waals surface area contributed by atoms with E-state index in [4.69, 9.17) is 15.3 Å². The summed E-state index contributed by atoms with van der Waals surface area (Å²) in [5, 5.41) is 20.2. The third-order valence-corrected chi connectivity index (χ3v) is 4.89. The van der Waals surface area contributed by atoms with Gasteiger partial charge in [0.05, 0.1) is 35.4 Å². The molecule has 172 valence electrons. The van der Waals surface area contributed by atoms with Crippen LogP contribution in [0, 0.1) is 29.6 Å². The molecular formula is C21H14F6N4O2. The van der Waals surface area contributed by atoms with E-state index in [0.717, 1.165) is 12.1 Å². The SMILES string of the molecule is Cc1cc(C#N)ccc1NC(=O)C1CN(c2ccc(C#N)c(C(F)(F)F)c2)C(C(F)(F)F)O1. The lowest BCUT2D eigenvalue weighted by Gasteiger charge is -2.27. The number of hydrogen-bond acceptors (Lipinski definition) is 5. The maximum Gasteiger partial charge on any atom is 0.433 e. The summed E-state index contributed by atoms with van der Waals surface area (Å²) in [6, 6.07) is 9.64. The molecule has 3 rings (SSSR count). The zero-order chi connectivity index (χ0) is 24.6. The molecule has 2 aromatic rings. The zero-order valence-electron chi connectivity index (χ0n) is 16.8. The van der Waals surface area contributed by atoms with E-state index in [2.05, 4.69) is 5.32 Å². The molecule has 0 radical (unpaired) electrons. The molecule has 0 aliphatic carbocycles. The van der Waals surface area contributed by atoms with Gasteiger partial charge in [-0.3, -0.25) is 4.79 Å². The summed E-state index contributed by atoms with van der Waals surface area (Å²) in [7, 11) is 0. The number of benzene rings is 2. The number of ether oxygens (including phenoxy) is 1. The normalized spacial score (nSPS) is 18.5. The number of halogens is 6. The molecule has 1 heterocycles. The number of aryl methyl sites for hydroxylation is 1. The van der Waals surface area contributed by atoms with Crippen LogP contribution in [0.3, 0.4) is 0 Å². The van der Waals surface area contributed by atoms with Gasteiger partial charge >= 0.3 is 12.4 Å². The van der Waals surface area contributed by atoms with Crippen molar-refractivity contribution < 1.29 is 35.9 Å². The van der Waals surface area contributed by atoms with Crippen molar-refractivity contribution in [1.29, 1.82) is 10.5 Å². The fourth-order valence-electron chi connectivity index (χ4n) is 3.32. The van der Waals surface area contributed by atoms with E-state index in [1.807, 2.05) is 6.07 Å². The first-order valence-corrected chi connectivity index (χ1v) is 9.27. The summed E-state index contributed by atoms with van der Waals surface area (Å²) in [5.41, 5.74) is -1.63. The molecule has 0 aromatic heterocycles. The highest BCUT2D eigenvalue weighted by atomic mass is 19.4. The third kappa shape index (κ3) is 5.02. The minimum Gasteiger partial charge on any atom is -0.335 e. The van der Waals surface area contributed by atoms with Crippen LogP contribution in [0.25, 0.3) is 0 Å². The van der Waals surface area contributed by atoms with Crippen molar-refractivity contribution in [3.8, 4) is 12.1 Å². The number of nitriles is 2. The van der Waals surface area contributed by atoms with Crippen molar-refractivity contribution in [2.24, 2.45) is 0 Å². The lowest BCUT2D eigenvalue weighted by Crippen LogP contribution is -2.42. The van der Waals surface area contributed by atoms with E-state index in [1.165, 1.54) is 24.3 Å². The van der Waals surface area contributed by atoms with Gasteiger partial charge in [-0.1, -0.05) is 0 Å². The van der Waals surface area contributed by atoms with E-state index >= 15 is 0 Å². The number of nitrogens with one attached hydrogen (secondary N) is 1. The molecule has 1 aliphatic rings. The van der Waals surface area contributed by atoms with Crippen LogP contribution in [0.5, 0.6) is 0 Å². The Kier molecular flexibility index (Phi) is 6.25. The molecule has 1 saturated heterocycles. The van der Waals surface area contributed by atoms with Gasteiger partial charge in [0.2, 0.25) is 6.23 Å². The van der Waals surface area contributed by atoms with E-state index in [-0.39, 0.29) is 5.69 Å². The number of alkyl halides is 6. The molecular weight excluding hydrogens is 454 g/mol. The second-order valence-corrected chi connectivity index (χ2v) is 7.14. The highest BCUT2D eigenvalue weighted by Crippen LogP contribution is 2.39. The van der Waals surface area contributed by atoms with Crippen molar-refractivity contribution in [2.75, 3.05) is 16.8 Å². The first kappa shape index (κ1) is 23.9. The van der Waals surface area contributed by atoms with Crippen molar-refractivity contribution in [1.82, 2.24) is 0 Å². The Labute approximate surface area is 183 Å². The summed E-state index contributed by atoms with van der Waals surface area (Å²) in [6.07, 6.45) is -14.3. The Morgan fingerprint density at radius 3 is 2.33 bits per heavy atom. The molecule has 0 bridgehead atoms. The molecule has 1 N–H and O–H groups in total. The molecule has 0 saturated carbocycles.